The van der Waals surface area contributed by atoms with Crippen LogP contribution in [0.25, 0.3) is 5.57 Å². The fourth-order valence-electron chi connectivity index (χ4n) is 1.51. The molecule has 0 aromatic heterocycles. The maximum absolute atomic E-state index is 11.6. The largest absolute Gasteiger partial charge is 0.288 e. The zero-order valence-corrected chi connectivity index (χ0v) is 10.8. The number of benzene rings is 1. The molecular formula is C11H8BrNO2S. The molecule has 2 rings (SSSR count). The third-order valence-corrected chi connectivity index (χ3v) is 3.55. The first kappa shape index (κ1) is 11.4. The molecule has 5 heteroatoms. The van der Waals surface area contributed by atoms with Gasteiger partial charge in [0.1, 0.15) is 0 Å². The van der Waals surface area contributed by atoms with Crippen LogP contribution in [-0.4, -0.2) is 18.1 Å². The summed E-state index contributed by atoms with van der Waals surface area (Å²) in [6.45, 7) is 0. The van der Waals surface area contributed by atoms with Crippen molar-refractivity contribution in [2.45, 2.75) is 0 Å². The lowest BCUT2D eigenvalue weighted by Gasteiger charge is -2.01. The van der Waals surface area contributed by atoms with E-state index in [1.54, 1.807) is 6.26 Å². The van der Waals surface area contributed by atoms with Crippen molar-refractivity contribution < 1.29 is 9.59 Å². The lowest BCUT2D eigenvalue weighted by Crippen LogP contribution is -2.22. The van der Waals surface area contributed by atoms with Crippen molar-refractivity contribution >= 4 is 45.1 Å². The van der Waals surface area contributed by atoms with Crippen LogP contribution in [0.3, 0.4) is 0 Å². The number of imide groups is 1. The van der Waals surface area contributed by atoms with Gasteiger partial charge in [-0.15, -0.1) is 11.8 Å². The molecule has 1 aromatic rings. The first-order chi connectivity index (χ1) is 7.63. The second-order valence-corrected chi connectivity index (χ2v) is 4.93. The number of hydrogen-bond acceptors (Lipinski definition) is 3. The number of carbonyl (C=O) groups excluding carboxylic acids is 2. The highest BCUT2D eigenvalue weighted by Crippen LogP contribution is 2.30. The lowest BCUT2D eigenvalue weighted by atomic mass is 10.1. The number of rotatable bonds is 2. The van der Waals surface area contributed by atoms with Gasteiger partial charge in [-0.1, -0.05) is 28.1 Å². The Labute approximate surface area is 105 Å². The van der Waals surface area contributed by atoms with Crippen LogP contribution in [0.4, 0.5) is 0 Å². The Morgan fingerprint density at radius 2 is 1.75 bits per heavy atom. The number of amides is 2. The minimum absolute atomic E-state index is 0.310. The Hall–Kier alpha value is -1.07. The molecule has 1 heterocycles. The van der Waals surface area contributed by atoms with Crippen LogP contribution in [0, 0.1) is 0 Å². The summed E-state index contributed by atoms with van der Waals surface area (Å²) in [5, 5.41) is 2.30. The number of carbonyl (C=O) groups is 2. The van der Waals surface area contributed by atoms with Crippen molar-refractivity contribution in [1.82, 2.24) is 5.32 Å². The molecule has 3 nitrogen and oxygen atoms in total. The molecule has 0 unspecified atom stereocenters. The van der Waals surface area contributed by atoms with Crippen molar-refractivity contribution in [3.63, 3.8) is 0 Å². The molecule has 82 valence electrons. The van der Waals surface area contributed by atoms with Crippen molar-refractivity contribution in [1.29, 1.82) is 0 Å². The van der Waals surface area contributed by atoms with E-state index in [0.29, 0.717) is 10.5 Å². The molecule has 0 saturated carbocycles. The normalized spacial score (nSPS) is 15.6. The van der Waals surface area contributed by atoms with Gasteiger partial charge in [0, 0.05) is 4.47 Å². The highest BCUT2D eigenvalue weighted by atomic mass is 79.9. The van der Waals surface area contributed by atoms with Crippen molar-refractivity contribution in [3.05, 3.63) is 39.2 Å². The van der Waals surface area contributed by atoms with Crippen LogP contribution in [0.1, 0.15) is 5.56 Å². The van der Waals surface area contributed by atoms with E-state index in [4.69, 9.17) is 0 Å². The number of thioether (sulfide) groups is 1. The topological polar surface area (TPSA) is 46.2 Å². The summed E-state index contributed by atoms with van der Waals surface area (Å²) >= 11 is 4.61. The summed E-state index contributed by atoms with van der Waals surface area (Å²) in [7, 11) is 0. The highest BCUT2D eigenvalue weighted by Gasteiger charge is 2.30. The molecule has 2 amide bonds. The fourth-order valence-corrected chi connectivity index (χ4v) is 2.43. The molecule has 0 saturated heterocycles. The maximum Gasteiger partial charge on any atom is 0.265 e. The summed E-state index contributed by atoms with van der Waals surface area (Å²) in [5.74, 6) is -0.632. The Kier molecular flexibility index (Phi) is 3.16. The Bertz CT molecular complexity index is 493. The molecule has 0 fully saturated rings. The van der Waals surface area contributed by atoms with Crippen LogP contribution in [0.5, 0.6) is 0 Å². The zero-order chi connectivity index (χ0) is 11.7. The molecule has 1 aliphatic heterocycles. The monoisotopic (exact) mass is 297 g/mol. The molecule has 1 aromatic carbocycles. The molecule has 1 N–H and O–H groups in total. The summed E-state index contributed by atoms with van der Waals surface area (Å²) in [5.41, 5.74) is 1.22. The van der Waals surface area contributed by atoms with Gasteiger partial charge in [-0.2, -0.15) is 0 Å². The van der Waals surface area contributed by atoms with Gasteiger partial charge in [0.05, 0.1) is 10.5 Å². The van der Waals surface area contributed by atoms with Gasteiger partial charge < -0.3 is 0 Å². The van der Waals surface area contributed by atoms with Gasteiger partial charge in [0.15, 0.2) is 0 Å². The molecule has 0 spiro atoms. The smallest absolute Gasteiger partial charge is 0.265 e. The zero-order valence-electron chi connectivity index (χ0n) is 8.41. The van der Waals surface area contributed by atoms with Crippen LogP contribution in [0.15, 0.2) is 33.6 Å². The lowest BCUT2D eigenvalue weighted by molar-refractivity contribution is -0.123. The summed E-state index contributed by atoms with van der Waals surface area (Å²) < 4.78 is 0.937. The van der Waals surface area contributed by atoms with E-state index in [-0.39, 0.29) is 11.8 Å². The Morgan fingerprint density at radius 3 is 2.31 bits per heavy atom. The van der Waals surface area contributed by atoms with Gasteiger partial charge in [-0.3, -0.25) is 14.9 Å². The fraction of sp³-hybridized carbons (Fsp3) is 0.0909. The van der Waals surface area contributed by atoms with Crippen LogP contribution < -0.4 is 5.32 Å². The molecule has 0 radical (unpaired) electrons. The number of nitrogens with one attached hydrogen (secondary N) is 1. The van der Waals surface area contributed by atoms with Crippen molar-refractivity contribution in [2.75, 3.05) is 6.26 Å². The third kappa shape index (κ3) is 1.92. The Balaban J connectivity index is 2.53. The van der Waals surface area contributed by atoms with Crippen LogP contribution in [0.2, 0.25) is 0 Å². The quantitative estimate of drug-likeness (QED) is 0.851. The minimum atomic E-state index is -0.323. The van der Waals surface area contributed by atoms with Gasteiger partial charge in [-0.25, -0.2) is 0 Å². The first-order valence-corrected chi connectivity index (χ1v) is 6.55. The average Bonchev–Trinajstić information content (AvgIpc) is 2.54. The summed E-state index contributed by atoms with van der Waals surface area (Å²) in [4.78, 5) is 23.6. The van der Waals surface area contributed by atoms with Gasteiger partial charge in [0.25, 0.3) is 11.8 Å². The molecular weight excluding hydrogens is 290 g/mol. The van der Waals surface area contributed by atoms with Gasteiger partial charge >= 0.3 is 0 Å². The van der Waals surface area contributed by atoms with E-state index in [0.717, 1.165) is 10.0 Å². The SMILES string of the molecule is CSC1=C(c2ccc(Br)cc2)C(=O)NC1=O. The van der Waals surface area contributed by atoms with Gasteiger partial charge in [0.2, 0.25) is 0 Å². The second kappa shape index (κ2) is 4.43. The van der Waals surface area contributed by atoms with E-state index >= 15 is 0 Å². The predicted molar refractivity (Wildman–Crippen MR) is 67.7 cm³/mol. The Morgan fingerprint density at radius 1 is 1.12 bits per heavy atom. The maximum atomic E-state index is 11.6. The molecule has 0 bridgehead atoms. The van der Waals surface area contributed by atoms with E-state index in [1.807, 2.05) is 24.3 Å². The summed E-state index contributed by atoms with van der Waals surface area (Å²) in [6.07, 6.45) is 1.78. The third-order valence-electron chi connectivity index (χ3n) is 2.22. The van der Waals surface area contributed by atoms with Crippen molar-refractivity contribution in [2.24, 2.45) is 0 Å². The van der Waals surface area contributed by atoms with Crippen molar-refractivity contribution in [3.8, 4) is 0 Å². The highest BCUT2D eigenvalue weighted by molar-refractivity contribution is 9.10. The van der Waals surface area contributed by atoms with E-state index in [9.17, 15) is 9.59 Å². The van der Waals surface area contributed by atoms with E-state index in [1.165, 1.54) is 11.8 Å². The minimum Gasteiger partial charge on any atom is -0.288 e. The number of hydrogen-bond donors (Lipinski definition) is 1. The van der Waals surface area contributed by atoms with Crippen LogP contribution >= 0.6 is 27.7 Å². The average molecular weight is 298 g/mol. The molecule has 0 aliphatic carbocycles. The summed E-state index contributed by atoms with van der Waals surface area (Å²) in [6, 6.07) is 7.31. The van der Waals surface area contributed by atoms with E-state index in [2.05, 4.69) is 21.2 Å². The number of halogens is 1. The van der Waals surface area contributed by atoms with Gasteiger partial charge in [-0.05, 0) is 24.0 Å². The standard InChI is InChI=1S/C11H8BrNO2S/c1-16-9-8(10(14)13-11(9)15)6-2-4-7(12)5-3-6/h2-5H,1H3,(H,13,14,15). The predicted octanol–water partition coefficient (Wildman–Crippen LogP) is 2.18. The second-order valence-electron chi connectivity index (χ2n) is 3.20. The van der Waals surface area contributed by atoms with Crippen LogP contribution in [-0.2, 0) is 9.59 Å². The first-order valence-electron chi connectivity index (χ1n) is 4.53. The molecule has 0 atom stereocenters. The molecule has 16 heavy (non-hydrogen) atoms. The van der Waals surface area contributed by atoms with E-state index < -0.39 is 0 Å². The molecule has 1 aliphatic rings.